The molecule has 1 aliphatic heterocycles. The molecule has 1 aliphatic carbocycles. The van der Waals surface area contributed by atoms with Crippen LogP contribution in [-0.2, 0) is 12.8 Å². The molecule has 1 amide bonds. The number of benzene rings is 2. The number of piperazine rings is 1. The first-order valence-corrected chi connectivity index (χ1v) is 13.0. The minimum atomic E-state index is -0.341. The quantitative estimate of drug-likeness (QED) is 0.472. The van der Waals surface area contributed by atoms with Gasteiger partial charge in [0.25, 0.3) is 0 Å². The van der Waals surface area contributed by atoms with Crippen LogP contribution in [0.25, 0.3) is 10.9 Å². The Hall–Kier alpha value is -2.50. The number of carbonyl (C=O) groups is 1. The molecule has 2 aromatic carbocycles. The topological polar surface area (TPSA) is 54.5 Å². The standard InChI is InChI=1S/C29H38N4O.ClH/c1-4-8-28(32-17-15-31(16-18-32)25-12-7-9-20(2)21(25)3)33-26-11-6-5-10-23(26)24-19-22(29(30)34)13-14-27(24)33;/h7,9,12-14,19,28H,4-6,8,10-11,15-18H2,1-3H3,(H2,30,34);1H. The van der Waals surface area contributed by atoms with Gasteiger partial charge in [-0.3, -0.25) is 9.69 Å². The van der Waals surface area contributed by atoms with E-state index in [2.05, 4.69) is 59.4 Å². The first-order chi connectivity index (χ1) is 16.5. The summed E-state index contributed by atoms with van der Waals surface area (Å²) in [5.74, 6) is -0.341. The fourth-order valence-corrected chi connectivity index (χ4v) is 6.14. The van der Waals surface area contributed by atoms with Gasteiger partial charge in [-0.15, -0.1) is 12.4 Å². The SMILES string of the molecule is CCCC(N1CCN(c2cccc(C)c2C)CC1)n1c2c(c3cc(C(N)=O)ccc31)CCCC2.Cl. The predicted molar refractivity (Wildman–Crippen MR) is 148 cm³/mol. The van der Waals surface area contributed by atoms with Gasteiger partial charge in [0.05, 0.1) is 6.17 Å². The van der Waals surface area contributed by atoms with E-state index in [4.69, 9.17) is 5.73 Å². The Bertz CT molecular complexity index is 1210. The lowest BCUT2D eigenvalue weighted by molar-refractivity contribution is 0.100. The number of primary amides is 1. The molecule has 1 aromatic heterocycles. The van der Waals surface area contributed by atoms with E-state index in [1.165, 1.54) is 51.8 Å². The van der Waals surface area contributed by atoms with Crippen LogP contribution in [0.15, 0.2) is 36.4 Å². The van der Waals surface area contributed by atoms with Crippen LogP contribution in [-0.4, -0.2) is 41.6 Å². The molecule has 1 unspecified atom stereocenters. The predicted octanol–water partition coefficient (Wildman–Crippen LogP) is 5.78. The normalized spacial score (nSPS) is 17.2. The van der Waals surface area contributed by atoms with Crippen LogP contribution in [0.5, 0.6) is 0 Å². The monoisotopic (exact) mass is 494 g/mol. The van der Waals surface area contributed by atoms with Crippen molar-refractivity contribution >= 4 is 34.9 Å². The fourth-order valence-electron chi connectivity index (χ4n) is 6.14. The number of anilines is 1. The molecule has 0 radical (unpaired) electrons. The Morgan fingerprint density at radius 3 is 2.49 bits per heavy atom. The number of carbonyl (C=O) groups excluding carboxylic acids is 1. The van der Waals surface area contributed by atoms with Gasteiger partial charge in [0.1, 0.15) is 0 Å². The maximum absolute atomic E-state index is 11.9. The highest BCUT2D eigenvalue weighted by Gasteiger charge is 2.30. The second-order valence-corrected chi connectivity index (χ2v) is 10.1. The summed E-state index contributed by atoms with van der Waals surface area (Å²) in [6.07, 6.45) is 7.33. The minimum absolute atomic E-state index is 0. The molecule has 2 N–H and O–H groups in total. The lowest BCUT2D eigenvalue weighted by atomic mass is 9.95. The number of rotatable bonds is 6. The third-order valence-electron chi connectivity index (χ3n) is 8.09. The largest absolute Gasteiger partial charge is 0.369 e. The molecule has 0 spiro atoms. The fraction of sp³-hybridized carbons (Fsp3) is 0.483. The van der Waals surface area contributed by atoms with Crippen molar-refractivity contribution in [3.8, 4) is 0 Å². The zero-order chi connectivity index (χ0) is 23.8. The molecule has 0 bridgehead atoms. The smallest absolute Gasteiger partial charge is 0.248 e. The van der Waals surface area contributed by atoms with E-state index in [1.807, 2.05) is 12.1 Å². The zero-order valence-electron chi connectivity index (χ0n) is 21.3. The maximum Gasteiger partial charge on any atom is 0.248 e. The first-order valence-electron chi connectivity index (χ1n) is 13.0. The molecule has 1 saturated heterocycles. The Morgan fingerprint density at radius 1 is 1.03 bits per heavy atom. The van der Waals surface area contributed by atoms with E-state index < -0.39 is 0 Å². The summed E-state index contributed by atoms with van der Waals surface area (Å²) >= 11 is 0. The van der Waals surface area contributed by atoms with E-state index in [9.17, 15) is 4.79 Å². The van der Waals surface area contributed by atoms with Crippen LogP contribution in [0.2, 0.25) is 0 Å². The number of aryl methyl sites for hydroxylation is 2. The highest BCUT2D eigenvalue weighted by Crippen LogP contribution is 2.38. The number of aromatic nitrogens is 1. The van der Waals surface area contributed by atoms with Crippen molar-refractivity contribution in [1.82, 2.24) is 9.47 Å². The third kappa shape index (κ3) is 4.68. The number of halogens is 1. The summed E-state index contributed by atoms with van der Waals surface area (Å²) in [6, 6.07) is 12.8. The first kappa shape index (κ1) is 25.6. The summed E-state index contributed by atoms with van der Waals surface area (Å²) < 4.78 is 2.63. The molecule has 1 fully saturated rings. The van der Waals surface area contributed by atoms with E-state index >= 15 is 0 Å². The van der Waals surface area contributed by atoms with Crippen LogP contribution in [0.1, 0.15) is 71.5 Å². The summed E-state index contributed by atoms with van der Waals surface area (Å²) in [5, 5.41) is 1.24. The van der Waals surface area contributed by atoms with E-state index in [0.29, 0.717) is 11.7 Å². The maximum atomic E-state index is 11.9. The molecule has 1 atom stereocenters. The molecule has 0 saturated carbocycles. The van der Waals surface area contributed by atoms with Crippen LogP contribution in [0.3, 0.4) is 0 Å². The second-order valence-electron chi connectivity index (χ2n) is 10.1. The number of nitrogens with zero attached hydrogens (tertiary/aromatic N) is 3. The second kappa shape index (κ2) is 10.6. The van der Waals surface area contributed by atoms with Gasteiger partial charge in [0.2, 0.25) is 5.91 Å². The van der Waals surface area contributed by atoms with Crippen LogP contribution < -0.4 is 10.6 Å². The van der Waals surface area contributed by atoms with E-state index in [0.717, 1.165) is 51.9 Å². The summed E-state index contributed by atoms with van der Waals surface area (Å²) in [6.45, 7) is 11.0. The Morgan fingerprint density at radius 2 is 1.77 bits per heavy atom. The van der Waals surface area contributed by atoms with Crippen molar-refractivity contribution in [3.63, 3.8) is 0 Å². The van der Waals surface area contributed by atoms with Crippen molar-refractivity contribution in [2.45, 2.75) is 65.5 Å². The average molecular weight is 495 g/mol. The van der Waals surface area contributed by atoms with E-state index in [1.54, 1.807) is 0 Å². The molecule has 35 heavy (non-hydrogen) atoms. The lowest BCUT2D eigenvalue weighted by Gasteiger charge is -2.42. The number of hydrogen-bond donors (Lipinski definition) is 1. The van der Waals surface area contributed by atoms with E-state index in [-0.39, 0.29) is 18.3 Å². The van der Waals surface area contributed by atoms with Crippen molar-refractivity contribution in [2.24, 2.45) is 5.73 Å². The molecule has 3 aromatic rings. The lowest BCUT2D eigenvalue weighted by Crippen LogP contribution is -2.49. The van der Waals surface area contributed by atoms with Crippen molar-refractivity contribution in [3.05, 3.63) is 64.3 Å². The Labute approximate surface area is 215 Å². The number of hydrogen-bond acceptors (Lipinski definition) is 3. The van der Waals surface area contributed by atoms with Gasteiger partial charge in [0.15, 0.2) is 0 Å². The van der Waals surface area contributed by atoms with Gasteiger partial charge in [-0.05, 0) is 86.9 Å². The van der Waals surface area contributed by atoms with Crippen LogP contribution in [0.4, 0.5) is 5.69 Å². The molecule has 6 heteroatoms. The highest BCUT2D eigenvalue weighted by molar-refractivity contribution is 5.98. The van der Waals surface area contributed by atoms with Gasteiger partial charge >= 0.3 is 0 Å². The van der Waals surface area contributed by atoms with Crippen molar-refractivity contribution in [1.29, 1.82) is 0 Å². The molecule has 188 valence electrons. The Balaban J connectivity index is 0.00000289. The number of amides is 1. The molecule has 5 rings (SSSR count). The van der Waals surface area contributed by atoms with Crippen LogP contribution in [0, 0.1) is 13.8 Å². The summed E-state index contributed by atoms with van der Waals surface area (Å²) in [4.78, 5) is 17.2. The van der Waals surface area contributed by atoms with Crippen molar-refractivity contribution in [2.75, 3.05) is 31.1 Å². The minimum Gasteiger partial charge on any atom is -0.369 e. The third-order valence-corrected chi connectivity index (χ3v) is 8.09. The van der Waals surface area contributed by atoms with Gasteiger partial charge in [-0.25, -0.2) is 0 Å². The van der Waals surface area contributed by atoms with Gasteiger partial charge in [-0.2, -0.15) is 0 Å². The average Bonchev–Trinajstić information content (AvgIpc) is 3.18. The molecule has 5 nitrogen and oxygen atoms in total. The number of fused-ring (bicyclic) bond motifs is 3. The van der Waals surface area contributed by atoms with Gasteiger partial charge in [0, 0.05) is 54.0 Å². The molecular weight excluding hydrogens is 456 g/mol. The molecular formula is C29H39ClN4O. The highest BCUT2D eigenvalue weighted by atomic mass is 35.5. The molecule has 2 heterocycles. The summed E-state index contributed by atoms with van der Waals surface area (Å²) in [7, 11) is 0. The Kier molecular flexibility index (Phi) is 7.77. The zero-order valence-corrected chi connectivity index (χ0v) is 22.2. The molecule has 2 aliphatic rings. The summed E-state index contributed by atoms with van der Waals surface area (Å²) in [5.41, 5.74) is 14.6. The van der Waals surface area contributed by atoms with Gasteiger partial charge < -0.3 is 15.2 Å². The van der Waals surface area contributed by atoms with Crippen molar-refractivity contribution < 1.29 is 4.79 Å². The number of nitrogens with two attached hydrogens (primary N) is 1. The van der Waals surface area contributed by atoms with Crippen LogP contribution >= 0.6 is 12.4 Å². The van der Waals surface area contributed by atoms with Gasteiger partial charge in [-0.1, -0.05) is 25.5 Å².